The normalized spacial score (nSPS) is 47.0. The topological polar surface area (TPSA) is 119 Å². The molecule has 3 saturated heterocycles. The van der Waals surface area contributed by atoms with Gasteiger partial charge >= 0.3 is 5.97 Å². The lowest BCUT2D eigenvalue weighted by Gasteiger charge is -2.60. The standard InChI is InChI=1S/C32H41FN2O6/c1-17-6-9-22-29(2,11-10-25(37)30(22,3)16-36)19(17)14-23-31(26(38)15-41-28(31)40)24-5-4-12-35(24)32(23)20-13-18(33)7-8-21(20)34-27(32)39/h7-8,13,19,22-26,36-38H,1,4-6,9-12,14-16H2,2-3H3,(H,34,39)/t19-,22+,23?,24?,25-,26+,29+,30+,31-,32+/m1/s1. The predicted molar refractivity (Wildman–Crippen MR) is 148 cm³/mol. The van der Waals surface area contributed by atoms with Crippen LogP contribution in [0.25, 0.3) is 0 Å². The van der Waals surface area contributed by atoms with Gasteiger partial charge in [-0.05, 0) is 86.9 Å². The fraction of sp³-hybridized carbons (Fsp3) is 0.688. The van der Waals surface area contributed by atoms with E-state index < -0.39 is 52.3 Å². The van der Waals surface area contributed by atoms with Gasteiger partial charge < -0.3 is 25.4 Å². The summed E-state index contributed by atoms with van der Waals surface area (Å²) < 4.78 is 20.5. The minimum absolute atomic E-state index is 0.00468. The fourth-order valence-electron chi connectivity index (χ4n) is 10.9. The lowest BCUT2D eigenvalue weighted by atomic mass is 9.44. The molecule has 9 heteroatoms. The third-order valence-electron chi connectivity index (χ3n) is 12.8. The van der Waals surface area contributed by atoms with Gasteiger partial charge in [0.25, 0.3) is 0 Å². The van der Waals surface area contributed by atoms with E-state index in [0.29, 0.717) is 49.9 Å². The molecule has 0 radical (unpaired) electrons. The summed E-state index contributed by atoms with van der Waals surface area (Å²) in [7, 11) is 0. The number of nitrogens with zero attached hydrogens (tertiary/aromatic N) is 1. The molecule has 5 fully saturated rings. The fourth-order valence-corrected chi connectivity index (χ4v) is 10.9. The van der Waals surface area contributed by atoms with Crippen molar-refractivity contribution in [3.05, 3.63) is 41.7 Å². The average Bonchev–Trinajstić information content (AvgIpc) is 3.66. The smallest absolute Gasteiger partial charge is 0.316 e. The van der Waals surface area contributed by atoms with E-state index >= 15 is 0 Å². The summed E-state index contributed by atoms with van der Waals surface area (Å²) in [4.78, 5) is 30.4. The van der Waals surface area contributed by atoms with Crippen LogP contribution in [-0.4, -0.2) is 70.1 Å². The van der Waals surface area contributed by atoms with Gasteiger partial charge in [-0.15, -0.1) is 0 Å². The van der Waals surface area contributed by atoms with Gasteiger partial charge in [-0.25, -0.2) is 4.39 Å². The van der Waals surface area contributed by atoms with Gasteiger partial charge in [0.1, 0.15) is 29.5 Å². The van der Waals surface area contributed by atoms with Crippen molar-refractivity contribution >= 4 is 17.6 Å². The Hall–Kier alpha value is -2.33. The number of hydrogen-bond donors (Lipinski definition) is 4. The number of carbonyl (C=O) groups is 2. The Bertz CT molecular complexity index is 1340. The summed E-state index contributed by atoms with van der Waals surface area (Å²) in [5.41, 5.74) is -1.68. The molecular formula is C32H41FN2O6. The largest absolute Gasteiger partial charge is 0.462 e. The van der Waals surface area contributed by atoms with Crippen molar-refractivity contribution in [1.29, 1.82) is 0 Å². The van der Waals surface area contributed by atoms with Gasteiger partial charge in [0, 0.05) is 28.6 Å². The van der Waals surface area contributed by atoms with Crippen LogP contribution in [0, 0.1) is 39.8 Å². The molecule has 0 aromatic heterocycles. The minimum atomic E-state index is -1.35. The maximum atomic E-state index is 14.9. The van der Waals surface area contributed by atoms with Gasteiger partial charge in [0.05, 0.1) is 12.7 Å². The molecule has 6 aliphatic rings. The van der Waals surface area contributed by atoms with Gasteiger partial charge in [-0.3, -0.25) is 14.5 Å². The highest BCUT2D eigenvalue weighted by atomic mass is 19.1. The van der Waals surface area contributed by atoms with E-state index in [4.69, 9.17) is 4.74 Å². The van der Waals surface area contributed by atoms with Crippen molar-refractivity contribution in [3.63, 3.8) is 0 Å². The van der Waals surface area contributed by atoms with Crippen LogP contribution in [0.1, 0.15) is 64.4 Å². The number of nitrogens with one attached hydrogen (secondary N) is 1. The number of rotatable bonds is 3. The maximum Gasteiger partial charge on any atom is 0.316 e. The minimum Gasteiger partial charge on any atom is -0.462 e. The molecule has 2 aliphatic carbocycles. The number of anilines is 1. The van der Waals surface area contributed by atoms with E-state index in [0.717, 1.165) is 18.4 Å². The molecular weight excluding hydrogens is 527 g/mol. The van der Waals surface area contributed by atoms with Gasteiger partial charge in [0.15, 0.2) is 0 Å². The van der Waals surface area contributed by atoms with Crippen molar-refractivity contribution in [2.24, 2.45) is 34.0 Å². The zero-order valence-corrected chi connectivity index (χ0v) is 23.9. The van der Waals surface area contributed by atoms with Crippen LogP contribution in [-0.2, 0) is 19.9 Å². The molecule has 2 unspecified atom stereocenters. The summed E-state index contributed by atoms with van der Waals surface area (Å²) in [6, 6.07) is 3.91. The SMILES string of the molecule is C=C1CC[C@@H]2[C@](C)(CO)[C@H](O)CC[C@@]2(C)[C@@H]1CC1[C@@]2(C(=O)OC[C@@H]2O)C2CCCN2[C@]12C(=O)Nc1ccc(F)cc12. The molecule has 1 aromatic carbocycles. The van der Waals surface area contributed by atoms with Crippen LogP contribution in [0.15, 0.2) is 30.4 Å². The number of esters is 1. The highest BCUT2D eigenvalue weighted by Crippen LogP contribution is 2.69. The molecule has 7 rings (SSSR count). The first-order valence-corrected chi connectivity index (χ1v) is 15.2. The molecule has 2 saturated carbocycles. The number of ether oxygens (including phenoxy) is 1. The number of carbonyl (C=O) groups excluding carboxylic acids is 2. The van der Waals surface area contributed by atoms with Crippen LogP contribution in [0.3, 0.4) is 0 Å². The number of benzene rings is 1. The Labute approximate surface area is 239 Å². The lowest BCUT2D eigenvalue weighted by molar-refractivity contribution is -0.161. The second kappa shape index (κ2) is 8.85. The van der Waals surface area contributed by atoms with E-state index in [-0.39, 0.29) is 36.4 Å². The maximum absolute atomic E-state index is 14.9. The number of halogens is 1. The summed E-state index contributed by atoms with van der Waals surface area (Å²) in [5, 5.41) is 36.2. The third kappa shape index (κ3) is 3.13. The summed E-state index contributed by atoms with van der Waals surface area (Å²) >= 11 is 0. The van der Waals surface area contributed by atoms with E-state index in [1.165, 1.54) is 12.1 Å². The molecule has 4 aliphatic heterocycles. The molecule has 0 bridgehead atoms. The van der Waals surface area contributed by atoms with Crippen molar-refractivity contribution in [3.8, 4) is 0 Å². The van der Waals surface area contributed by atoms with Crippen LogP contribution >= 0.6 is 0 Å². The van der Waals surface area contributed by atoms with E-state index in [2.05, 4.69) is 23.7 Å². The van der Waals surface area contributed by atoms with Crippen LogP contribution < -0.4 is 5.32 Å². The first-order chi connectivity index (χ1) is 19.5. The van der Waals surface area contributed by atoms with Crippen molar-refractivity contribution in [1.82, 2.24) is 4.90 Å². The molecule has 41 heavy (non-hydrogen) atoms. The molecule has 2 spiro atoms. The first kappa shape index (κ1) is 27.5. The van der Waals surface area contributed by atoms with Crippen LogP contribution in [0.4, 0.5) is 10.1 Å². The summed E-state index contributed by atoms with van der Waals surface area (Å²) in [5.74, 6) is -2.08. The molecule has 1 aromatic rings. The van der Waals surface area contributed by atoms with Crippen molar-refractivity contribution in [2.75, 3.05) is 25.1 Å². The van der Waals surface area contributed by atoms with Gasteiger partial charge in [-0.2, -0.15) is 0 Å². The van der Waals surface area contributed by atoms with Crippen molar-refractivity contribution < 1.29 is 34.0 Å². The number of allylic oxidation sites excluding steroid dienone is 1. The van der Waals surface area contributed by atoms with E-state index in [9.17, 15) is 29.3 Å². The quantitative estimate of drug-likeness (QED) is 0.327. The Morgan fingerprint density at radius 1 is 1.17 bits per heavy atom. The summed E-state index contributed by atoms with van der Waals surface area (Å²) in [6.07, 6.45) is 2.76. The van der Waals surface area contributed by atoms with Crippen LogP contribution in [0.5, 0.6) is 0 Å². The molecule has 10 atom stereocenters. The second-order valence-corrected chi connectivity index (χ2v) is 14.1. The van der Waals surface area contributed by atoms with E-state index in [1.54, 1.807) is 6.07 Å². The molecule has 4 N–H and O–H groups in total. The lowest BCUT2D eigenvalue weighted by Crippen LogP contribution is -2.59. The monoisotopic (exact) mass is 568 g/mol. The highest BCUT2D eigenvalue weighted by Gasteiger charge is 2.79. The Morgan fingerprint density at radius 3 is 2.66 bits per heavy atom. The number of cyclic esters (lactones) is 1. The van der Waals surface area contributed by atoms with Gasteiger partial charge in [-0.1, -0.05) is 26.0 Å². The Morgan fingerprint density at radius 2 is 1.95 bits per heavy atom. The van der Waals surface area contributed by atoms with Gasteiger partial charge in [0.2, 0.25) is 5.91 Å². The zero-order chi connectivity index (χ0) is 29.1. The number of aliphatic hydroxyl groups is 3. The third-order valence-corrected chi connectivity index (χ3v) is 12.8. The Balaban J connectivity index is 1.43. The van der Waals surface area contributed by atoms with Crippen molar-refractivity contribution in [2.45, 2.75) is 82.6 Å². The molecule has 222 valence electrons. The number of aliphatic hydroxyl groups excluding tert-OH is 3. The first-order valence-electron chi connectivity index (χ1n) is 15.2. The highest BCUT2D eigenvalue weighted by molar-refractivity contribution is 6.07. The average molecular weight is 569 g/mol. The van der Waals surface area contributed by atoms with Crippen LogP contribution in [0.2, 0.25) is 0 Å². The molecule has 8 nitrogen and oxygen atoms in total. The number of amides is 1. The predicted octanol–water partition coefficient (Wildman–Crippen LogP) is 3.10. The molecule has 1 amide bonds. The van der Waals surface area contributed by atoms with E-state index in [1.807, 2.05) is 6.92 Å². The second-order valence-electron chi connectivity index (χ2n) is 14.1. The Kier molecular flexibility index (Phi) is 5.93. The zero-order valence-electron chi connectivity index (χ0n) is 23.9. The summed E-state index contributed by atoms with van der Waals surface area (Å²) in [6.45, 7) is 8.95. The number of fused-ring (bicyclic) bond motifs is 6. The molecule has 4 heterocycles. The number of hydrogen-bond acceptors (Lipinski definition) is 7.